The van der Waals surface area contributed by atoms with E-state index in [9.17, 15) is 9.59 Å². The summed E-state index contributed by atoms with van der Waals surface area (Å²) < 4.78 is 0. The van der Waals surface area contributed by atoms with Crippen LogP contribution in [-0.4, -0.2) is 47.5 Å². The van der Waals surface area contributed by atoms with E-state index in [4.69, 9.17) is 5.73 Å². The maximum Gasteiger partial charge on any atom is 0.325 e. The van der Waals surface area contributed by atoms with Crippen molar-refractivity contribution in [2.45, 2.75) is 69.4 Å². The summed E-state index contributed by atoms with van der Waals surface area (Å²) in [6.07, 6.45) is 9.52. The molecule has 2 saturated carbocycles. The van der Waals surface area contributed by atoms with Gasteiger partial charge < -0.3 is 16.4 Å². The number of urea groups is 1. The Kier molecular flexibility index (Phi) is 4.73. The van der Waals surface area contributed by atoms with Crippen LogP contribution in [0.4, 0.5) is 4.79 Å². The number of rotatable bonds is 4. The van der Waals surface area contributed by atoms with E-state index < -0.39 is 5.54 Å². The molecule has 128 valence electrons. The largest absolute Gasteiger partial charge is 0.370 e. The van der Waals surface area contributed by atoms with Crippen molar-refractivity contribution in [3.63, 3.8) is 0 Å². The Hall–Kier alpha value is -1.79. The van der Waals surface area contributed by atoms with E-state index in [-0.39, 0.29) is 11.9 Å². The molecule has 0 radical (unpaired) electrons. The number of amides is 3. The van der Waals surface area contributed by atoms with Crippen molar-refractivity contribution in [2.24, 2.45) is 10.7 Å². The first-order valence-corrected chi connectivity index (χ1v) is 8.81. The zero-order valence-electron chi connectivity index (χ0n) is 13.6. The molecular weight excluding hydrogens is 294 g/mol. The first kappa shape index (κ1) is 16.1. The lowest BCUT2D eigenvalue weighted by Gasteiger charge is -2.23. The van der Waals surface area contributed by atoms with Gasteiger partial charge >= 0.3 is 6.03 Å². The van der Waals surface area contributed by atoms with Gasteiger partial charge in [-0.25, -0.2) is 4.79 Å². The number of nitrogens with one attached hydrogen (secondary N) is 2. The standard InChI is InChI=1S/C16H27N5O2/c17-14(19-12-6-2-1-3-7-12)18-10-11-21-13(22)16(20-15(21)23)8-4-5-9-16/h12H,1-11H2,(H,20,23)(H3,17,18,19). The second-order valence-electron chi connectivity index (χ2n) is 6.92. The van der Waals surface area contributed by atoms with Gasteiger partial charge in [-0.15, -0.1) is 0 Å². The molecular formula is C16H27N5O2. The smallest absolute Gasteiger partial charge is 0.325 e. The number of imide groups is 1. The fourth-order valence-electron chi connectivity index (χ4n) is 3.97. The van der Waals surface area contributed by atoms with Crippen molar-refractivity contribution in [1.29, 1.82) is 0 Å². The molecule has 3 amide bonds. The molecule has 7 heteroatoms. The molecule has 0 bridgehead atoms. The molecule has 0 aromatic rings. The molecule has 1 heterocycles. The van der Waals surface area contributed by atoms with Gasteiger partial charge in [0.1, 0.15) is 5.54 Å². The molecule has 7 nitrogen and oxygen atoms in total. The lowest BCUT2D eigenvalue weighted by molar-refractivity contribution is -0.131. The first-order valence-electron chi connectivity index (χ1n) is 8.81. The summed E-state index contributed by atoms with van der Waals surface area (Å²) in [6.45, 7) is 0.639. The number of hydrogen-bond acceptors (Lipinski definition) is 3. The predicted octanol–water partition coefficient (Wildman–Crippen LogP) is 1.09. The summed E-state index contributed by atoms with van der Waals surface area (Å²) in [5, 5.41) is 6.11. The Labute approximate surface area is 137 Å². The van der Waals surface area contributed by atoms with Crippen molar-refractivity contribution in [3.05, 3.63) is 0 Å². The summed E-state index contributed by atoms with van der Waals surface area (Å²) in [6, 6.07) is 0.122. The lowest BCUT2D eigenvalue weighted by atomic mass is 9.96. The van der Waals surface area contributed by atoms with Crippen LogP contribution in [0, 0.1) is 0 Å². The highest BCUT2D eigenvalue weighted by Gasteiger charge is 2.52. The Balaban J connectivity index is 1.48. The Bertz CT molecular complexity index is 493. The third kappa shape index (κ3) is 3.43. The molecule has 23 heavy (non-hydrogen) atoms. The van der Waals surface area contributed by atoms with Gasteiger partial charge in [-0.3, -0.25) is 14.7 Å². The van der Waals surface area contributed by atoms with Crippen molar-refractivity contribution in [3.8, 4) is 0 Å². The van der Waals surface area contributed by atoms with E-state index in [0.717, 1.165) is 38.5 Å². The zero-order valence-corrected chi connectivity index (χ0v) is 13.6. The van der Waals surface area contributed by atoms with Gasteiger partial charge in [-0.05, 0) is 25.7 Å². The Morgan fingerprint density at radius 2 is 1.91 bits per heavy atom. The second-order valence-corrected chi connectivity index (χ2v) is 6.92. The van der Waals surface area contributed by atoms with Gasteiger partial charge in [0.2, 0.25) is 0 Å². The summed E-state index contributed by atoms with van der Waals surface area (Å²) in [4.78, 5) is 30.1. The number of carbonyl (C=O) groups excluding carboxylic acids is 2. The molecule has 0 aromatic carbocycles. The fraction of sp³-hybridized carbons (Fsp3) is 0.812. The van der Waals surface area contributed by atoms with Gasteiger partial charge in [0.25, 0.3) is 5.91 Å². The molecule has 1 saturated heterocycles. The third-order valence-electron chi connectivity index (χ3n) is 5.27. The number of guanidine groups is 1. The van der Waals surface area contributed by atoms with Crippen LogP contribution < -0.4 is 16.4 Å². The molecule has 3 aliphatic rings. The topological polar surface area (TPSA) is 99.8 Å². The van der Waals surface area contributed by atoms with Crippen LogP contribution in [-0.2, 0) is 4.79 Å². The quantitative estimate of drug-likeness (QED) is 0.410. The van der Waals surface area contributed by atoms with Crippen LogP contribution >= 0.6 is 0 Å². The number of carbonyl (C=O) groups is 2. The van der Waals surface area contributed by atoms with Crippen molar-refractivity contribution >= 4 is 17.9 Å². The second kappa shape index (κ2) is 6.76. The number of nitrogens with zero attached hydrogens (tertiary/aromatic N) is 2. The minimum Gasteiger partial charge on any atom is -0.370 e. The lowest BCUT2D eigenvalue weighted by Crippen LogP contribution is -2.44. The van der Waals surface area contributed by atoms with Crippen LogP contribution in [0.3, 0.4) is 0 Å². The van der Waals surface area contributed by atoms with E-state index in [2.05, 4.69) is 15.6 Å². The Morgan fingerprint density at radius 3 is 2.61 bits per heavy atom. The summed E-state index contributed by atoms with van der Waals surface area (Å²) in [5.74, 6) is 0.327. The van der Waals surface area contributed by atoms with Crippen LogP contribution in [0.25, 0.3) is 0 Å². The van der Waals surface area contributed by atoms with Gasteiger partial charge in [-0.2, -0.15) is 0 Å². The highest BCUT2D eigenvalue weighted by Crippen LogP contribution is 2.34. The highest BCUT2D eigenvalue weighted by molar-refractivity contribution is 6.07. The molecule has 3 rings (SSSR count). The van der Waals surface area contributed by atoms with Gasteiger partial charge in [0, 0.05) is 6.04 Å². The molecule has 0 aromatic heterocycles. The first-order chi connectivity index (χ1) is 11.1. The average molecular weight is 321 g/mol. The minimum absolute atomic E-state index is 0.0889. The van der Waals surface area contributed by atoms with Gasteiger partial charge in [-0.1, -0.05) is 32.1 Å². The minimum atomic E-state index is -0.632. The maximum absolute atomic E-state index is 12.5. The number of hydrogen-bond donors (Lipinski definition) is 3. The monoisotopic (exact) mass is 321 g/mol. The zero-order chi connectivity index (χ0) is 16.3. The molecule has 1 spiro atoms. The molecule has 2 aliphatic carbocycles. The molecule has 1 aliphatic heterocycles. The van der Waals surface area contributed by atoms with Gasteiger partial charge in [0.15, 0.2) is 5.96 Å². The average Bonchev–Trinajstić information content (AvgIpc) is 3.09. The summed E-state index contributed by atoms with van der Waals surface area (Å²) in [5.41, 5.74) is 5.28. The van der Waals surface area contributed by atoms with Crippen molar-refractivity contribution in [2.75, 3.05) is 13.1 Å². The van der Waals surface area contributed by atoms with E-state index >= 15 is 0 Å². The third-order valence-corrected chi connectivity index (χ3v) is 5.27. The summed E-state index contributed by atoms with van der Waals surface area (Å²) in [7, 11) is 0. The van der Waals surface area contributed by atoms with E-state index in [1.54, 1.807) is 0 Å². The molecule has 3 fully saturated rings. The van der Waals surface area contributed by atoms with Crippen molar-refractivity contribution in [1.82, 2.24) is 15.5 Å². The highest BCUT2D eigenvalue weighted by atomic mass is 16.2. The number of aliphatic imine (C=N–C) groups is 1. The van der Waals surface area contributed by atoms with Crippen LogP contribution in [0.2, 0.25) is 0 Å². The fourth-order valence-corrected chi connectivity index (χ4v) is 3.97. The molecule has 4 N–H and O–H groups in total. The van der Waals surface area contributed by atoms with Gasteiger partial charge in [0.05, 0.1) is 13.1 Å². The SMILES string of the molecule is NC(=NCCN1C(=O)NC2(CCCC2)C1=O)NC1CCCCC1. The Morgan fingerprint density at radius 1 is 1.22 bits per heavy atom. The van der Waals surface area contributed by atoms with Crippen LogP contribution in [0.15, 0.2) is 4.99 Å². The number of nitrogens with two attached hydrogens (primary N) is 1. The maximum atomic E-state index is 12.5. The van der Waals surface area contributed by atoms with Crippen LogP contribution in [0.1, 0.15) is 57.8 Å². The normalized spacial score (nSPS) is 25.2. The van der Waals surface area contributed by atoms with E-state index in [1.807, 2.05) is 0 Å². The van der Waals surface area contributed by atoms with Crippen molar-refractivity contribution < 1.29 is 9.59 Å². The van der Waals surface area contributed by atoms with E-state index in [1.165, 1.54) is 24.2 Å². The van der Waals surface area contributed by atoms with E-state index in [0.29, 0.717) is 25.1 Å². The molecule has 0 unspecified atom stereocenters. The predicted molar refractivity (Wildman–Crippen MR) is 87.9 cm³/mol. The molecule has 0 atom stereocenters. The summed E-state index contributed by atoms with van der Waals surface area (Å²) >= 11 is 0. The van der Waals surface area contributed by atoms with Crippen LogP contribution in [0.5, 0.6) is 0 Å².